The third-order valence-electron chi connectivity index (χ3n) is 5.29. The molecule has 1 saturated heterocycles. The van der Waals surface area contributed by atoms with Crippen LogP contribution in [0.25, 0.3) is 11.1 Å². The molecular weight excluding hydrogens is 376 g/mol. The van der Waals surface area contributed by atoms with Crippen molar-refractivity contribution in [2.45, 2.75) is 0 Å². The Morgan fingerprint density at radius 3 is 1.90 bits per heavy atom. The number of fused-ring (bicyclic) bond motifs is 1. The lowest BCUT2D eigenvalue weighted by Crippen LogP contribution is -2.47. The van der Waals surface area contributed by atoms with Crippen LogP contribution in [-0.2, 0) is 0 Å². The fraction of sp³-hybridized carbons (Fsp3) is 0.240. The van der Waals surface area contributed by atoms with Crippen molar-refractivity contribution in [3.8, 4) is 22.6 Å². The van der Waals surface area contributed by atoms with Gasteiger partial charge in [0.05, 0.1) is 0 Å². The summed E-state index contributed by atoms with van der Waals surface area (Å²) in [5.74, 6) is 1.45. The molecule has 0 bridgehead atoms. The van der Waals surface area contributed by atoms with Crippen molar-refractivity contribution >= 4 is 5.91 Å². The van der Waals surface area contributed by atoms with E-state index in [1.807, 2.05) is 17.0 Å². The summed E-state index contributed by atoms with van der Waals surface area (Å²) in [5, 5.41) is 0. The van der Waals surface area contributed by atoms with Crippen LogP contribution < -0.4 is 9.47 Å². The zero-order valence-electron chi connectivity index (χ0n) is 17.2. The second-order valence-electron chi connectivity index (χ2n) is 7.40. The number of nitrogens with zero attached hydrogens (tertiary/aromatic N) is 2. The Hall–Kier alpha value is -3.31. The topological polar surface area (TPSA) is 42.0 Å². The van der Waals surface area contributed by atoms with Crippen molar-refractivity contribution in [2.75, 3.05) is 40.0 Å². The summed E-state index contributed by atoms with van der Waals surface area (Å²) in [4.78, 5) is 16.4. The van der Waals surface area contributed by atoms with Crippen molar-refractivity contribution < 1.29 is 14.3 Å². The minimum absolute atomic E-state index is 0.0707. The molecule has 1 fully saturated rings. The Morgan fingerprint density at radius 2 is 1.30 bits per heavy atom. The molecule has 0 N–H and O–H groups in total. The number of likely N-dealkylation sites (N-methyl/N-ethyl adjacent to an activating group) is 1. The number of hydrogen-bond donors (Lipinski definition) is 0. The standard InChI is InChI=1S/C13H16N2O3.C12H10/c1-14-4-6-15(7-5-14)13(16)10-2-3-11-12(8-10)18-9-17-11;1-3-7-11(8-4-1)12-9-5-2-6-10-12/h2-3,8H,4-7,9H2,1H3;1-10H. The van der Waals surface area contributed by atoms with Gasteiger partial charge in [0.15, 0.2) is 11.5 Å². The van der Waals surface area contributed by atoms with Gasteiger partial charge in [-0.05, 0) is 36.4 Å². The summed E-state index contributed by atoms with van der Waals surface area (Å²) in [6.45, 7) is 3.65. The lowest BCUT2D eigenvalue weighted by molar-refractivity contribution is 0.0663. The maximum absolute atomic E-state index is 12.3. The molecule has 2 aliphatic heterocycles. The second-order valence-corrected chi connectivity index (χ2v) is 7.40. The van der Waals surface area contributed by atoms with E-state index in [-0.39, 0.29) is 12.7 Å². The average Bonchev–Trinajstić information content (AvgIpc) is 3.29. The van der Waals surface area contributed by atoms with Gasteiger partial charge in [-0.15, -0.1) is 0 Å². The smallest absolute Gasteiger partial charge is 0.254 e. The number of piperazine rings is 1. The van der Waals surface area contributed by atoms with Crippen LogP contribution in [0.1, 0.15) is 10.4 Å². The molecular formula is C25H26N2O3. The first-order valence-electron chi connectivity index (χ1n) is 10.2. The Labute approximate surface area is 177 Å². The first-order valence-corrected chi connectivity index (χ1v) is 10.2. The van der Waals surface area contributed by atoms with Gasteiger partial charge in [0, 0.05) is 31.7 Å². The molecule has 0 atom stereocenters. The molecule has 5 nitrogen and oxygen atoms in total. The molecule has 0 saturated carbocycles. The predicted molar refractivity (Wildman–Crippen MR) is 118 cm³/mol. The summed E-state index contributed by atoms with van der Waals surface area (Å²) in [5.41, 5.74) is 3.22. The lowest BCUT2D eigenvalue weighted by atomic mass is 10.1. The van der Waals surface area contributed by atoms with Crippen LogP contribution in [0.3, 0.4) is 0 Å². The summed E-state index contributed by atoms with van der Waals surface area (Å²) < 4.78 is 10.5. The maximum atomic E-state index is 12.3. The number of hydrogen-bond acceptors (Lipinski definition) is 4. The van der Waals surface area contributed by atoms with Gasteiger partial charge < -0.3 is 19.3 Å². The van der Waals surface area contributed by atoms with E-state index in [0.29, 0.717) is 17.1 Å². The Kier molecular flexibility index (Phi) is 6.30. The molecule has 5 rings (SSSR count). The molecule has 3 aromatic rings. The second kappa shape index (κ2) is 9.46. The van der Waals surface area contributed by atoms with E-state index >= 15 is 0 Å². The number of carbonyl (C=O) groups excluding carboxylic acids is 1. The van der Waals surface area contributed by atoms with Crippen molar-refractivity contribution in [1.82, 2.24) is 9.80 Å². The van der Waals surface area contributed by atoms with Crippen LogP contribution in [0.5, 0.6) is 11.5 Å². The maximum Gasteiger partial charge on any atom is 0.254 e. The SMILES string of the molecule is CN1CCN(C(=O)c2ccc3c(c2)OCO3)CC1.c1ccc(-c2ccccc2)cc1. The minimum Gasteiger partial charge on any atom is -0.454 e. The molecule has 0 aromatic heterocycles. The van der Waals surface area contributed by atoms with Gasteiger partial charge in [0.2, 0.25) is 6.79 Å². The zero-order chi connectivity index (χ0) is 20.8. The molecule has 3 aromatic carbocycles. The summed E-state index contributed by atoms with van der Waals surface area (Å²) >= 11 is 0. The molecule has 5 heteroatoms. The van der Waals surface area contributed by atoms with Crippen molar-refractivity contribution in [3.05, 3.63) is 84.4 Å². The van der Waals surface area contributed by atoms with Gasteiger partial charge in [-0.25, -0.2) is 0 Å². The molecule has 0 spiro atoms. The van der Waals surface area contributed by atoms with E-state index in [0.717, 1.165) is 26.2 Å². The van der Waals surface area contributed by atoms with Crippen LogP contribution in [0, 0.1) is 0 Å². The fourth-order valence-corrected chi connectivity index (χ4v) is 3.48. The van der Waals surface area contributed by atoms with Crippen LogP contribution >= 0.6 is 0 Å². The highest BCUT2D eigenvalue weighted by atomic mass is 16.7. The zero-order valence-corrected chi connectivity index (χ0v) is 17.2. The van der Waals surface area contributed by atoms with Crippen LogP contribution in [0.15, 0.2) is 78.9 Å². The number of amides is 1. The number of ether oxygens (including phenoxy) is 2. The first-order chi connectivity index (χ1) is 14.7. The highest BCUT2D eigenvalue weighted by molar-refractivity contribution is 5.95. The molecule has 154 valence electrons. The van der Waals surface area contributed by atoms with Gasteiger partial charge in [0.25, 0.3) is 5.91 Å². The number of benzene rings is 3. The molecule has 1 amide bonds. The number of carbonyl (C=O) groups is 1. The van der Waals surface area contributed by atoms with E-state index in [9.17, 15) is 4.79 Å². The van der Waals surface area contributed by atoms with Crippen molar-refractivity contribution in [1.29, 1.82) is 0 Å². The van der Waals surface area contributed by atoms with Gasteiger partial charge in [0.1, 0.15) is 0 Å². The van der Waals surface area contributed by atoms with Crippen molar-refractivity contribution in [2.24, 2.45) is 0 Å². The van der Waals surface area contributed by atoms with E-state index < -0.39 is 0 Å². The van der Waals surface area contributed by atoms with E-state index in [4.69, 9.17) is 9.47 Å². The highest BCUT2D eigenvalue weighted by Crippen LogP contribution is 2.32. The molecule has 0 radical (unpaired) electrons. The van der Waals surface area contributed by atoms with Gasteiger partial charge in [-0.3, -0.25) is 4.79 Å². The Bertz CT molecular complexity index is 931. The highest BCUT2D eigenvalue weighted by Gasteiger charge is 2.22. The molecule has 2 heterocycles. The third kappa shape index (κ3) is 4.81. The Balaban J connectivity index is 0.000000158. The van der Waals surface area contributed by atoms with Gasteiger partial charge >= 0.3 is 0 Å². The Morgan fingerprint density at radius 1 is 0.733 bits per heavy atom. The summed E-state index contributed by atoms with van der Waals surface area (Å²) in [6.07, 6.45) is 0. The largest absolute Gasteiger partial charge is 0.454 e. The monoisotopic (exact) mass is 402 g/mol. The summed E-state index contributed by atoms with van der Waals surface area (Å²) in [6, 6.07) is 26.1. The third-order valence-corrected chi connectivity index (χ3v) is 5.29. The van der Waals surface area contributed by atoms with E-state index in [1.54, 1.807) is 18.2 Å². The average molecular weight is 402 g/mol. The minimum atomic E-state index is 0.0707. The van der Waals surface area contributed by atoms with Crippen LogP contribution in [-0.4, -0.2) is 55.7 Å². The first kappa shape index (κ1) is 20.0. The van der Waals surface area contributed by atoms with Crippen molar-refractivity contribution in [3.63, 3.8) is 0 Å². The van der Waals surface area contributed by atoms with Crippen LogP contribution in [0.2, 0.25) is 0 Å². The van der Waals surface area contributed by atoms with Crippen LogP contribution in [0.4, 0.5) is 0 Å². The van der Waals surface area contributed by atoms with Gasteiger partial charge in [-0.1, -0.05) is 60.7 Å². The molecule has 0 unspecified atom stereocenters. The van der Waals surface area contributed by atoms with E-state index in [2.05, 4.69) is 60.5 Å². The number of rotatable bonds is 2. The lowest BCUT2D eigenvalue weighted by Gasteiger charge is -2.32. The normalized spacial score (nSPS) is 15.3. The quantitative estimate of drug-likeness (QED) is 0.646. The summed E-state index contributed by atoms with van der Waals surface area (Å²) in [7, 11) is 2.07. The van der Waals surface area contributed by atoms with Gasteiger partial charge in [-0.2, -0.15) is 0 Å². The predicted octanol–water partition coefficient (Wildman–Crippen LogP) is 4.16. The molecule has 30 heavy (non-hydrogen) atoms. The van der Waals surface area contributed by atoms with E-state index in [1.165, 1.54) is 11.1 Å². The molecule has 0 aliphatic carbocycles. The fourth-order valence-electron chi connectivity index (χ4n) is 3.48. The molecule has 2 aliphatic rings.